The van der Waals surface area contributed by atoms with E-state index in [4.69, 9.17) is 4.74 Å². The van der Waals surface area contributed by atoms with Crippen molar-refractivity contribution < 1.29 is 9.13 Å². The fourth-order valence-electron chi connectivity index (χ4n) is 2.49. The van der Waals surface area contributed by atoms with Crippen LogP contribution in [0.15, 0.2) is 18.2 Å². The Kier molecular flexibility index (Phi) is 6.85. The van der Waals surface area contributed by atoms with Gasteiger partial charge in [-0.05, 0) is 36.6 Å². The molecule has 0 heterocycles. The van der Waals surface area contributed by atoms with Crippen LogP contribution >= 0.6 is 0 Å². The SMILES string of the molecule is CCCNC(c1ccc(OC)c(F)c1)C(CC)CC. The molecule has 19 heavy (non-hydrogen) atoms. The van der Waals surface area contributed by atoms with Crippen LogP contribution in [0.3, 0.4) is 0 Å². The van der Waals surface area contributed by atoms with Gasteiger partial charge in [0.05, 0.1) is 7.11 Å². The van der Waals surface area contributed by atoms with Crippen molar-refractivity contribution >= 4 is 0 Å². The average molecular weight is 267 g/mol. The molecule has 1 aromatic rings. The highest BCUT2D eigenvalue weighted by Crippen LogP contribution is 2.30. The molecule has 0 fully saturated rings. The zero-order valence-electron chi connectivity index (χ0n) is 12.5. The van der Waals surface area contributed by atoms with E-state index in [1.165, 1.54) is 7.11 Å². The summed E-state index contributed by atoms with van der Waals surface area (Å²) >= 11 is 0. The van der Waals surface area contributed by atoms with Gasteiger partial charge in [0.25, 0.3) is 0 Å². The van der Waals surface area contributed by atoms with E-state index in [9.17, 15) is 4.39 Å². The van der Waals surface area contributed by atoms with Crippen LogP contribution in [0.25, 0.3) is 0 Å². The Morgan fingerprint density at radius 3 is 2.37 bits per heavy atom. The molecule has 0 radical (unpaired) electrons. The first kappa shape index (κ1) is 16.0. The molecule has 2 nitrogen and oxygen atoms in total. The lowest BCUT2D eigenvalue weighted by molar-refractivity contribution is 0.338. The van der Waals surface area contributed by atoms with Gasteiger partial charge >= 0.3 is 0 Å². The third kappa shape index (κ3) is 4.20. The second kappa shape index (κ2) is 8.16. The van der Waals surface area contributed by atoms with Crippen LogP contribution in [0, 0.1) is 11.7 Å². The summed E-state index contributed by atoms with van der Waals surface area (Å²) in [6, 6.07) is 5.50. The minimum absolute atomic E-state index is 0.218. The van der Waals surface area contributed by atoms with Gasteiger partial charge in [-0.15, -0.1) is 0 Å². The predicted octanol–water partition coefficient (Wildman–Crippen LogP) is 4.31. The van der Waals surface area contributed by atoms with Crippen LogP contribution in [-0.2, 0) is 0 Å². The summed E-state index contributed by atoms with van der Waals surface area (Å²) in [7, 11) is 1.49. The highest BCUT2D eigenvalue weighted by molar-refractivity contribution is 5.31. The molecule has 1 unspecified atom stereocenters. The average Bonchev–Trinajstić information content (AvgIpc) is 2.43. The number of benzene rings is 1. The molecule has 0 aliphatic carbocycles. The van der Waals surface area contributed by atoms with E-state index in [2.05, 4.69) is 26.1 Å². The highest BCUT2D eigenvalue weighted by Gasteiger charge is 2.20. The van der Waals surface area contributed by atoms with Crippen molar-refractivity contribution in [3.8, 4) is 5.75 Å². The summed E-state index contributed by atoms with van der Waals surface area (Å²) in [6.45, 7) is 7.48. The Balaban J connectivity index is 2.98. The van der Waals surface area contributed by atoms with E-state index < -0.39 is 0 Å². The van der Waals surface area contributed by atoms with Crippen molar-refractivity contribution in [3.05, 3.63) is 29.6 Å². The highest BCUT2D eigenvalue weighted by atomic mass is 19.1. The number of hydrogen-bond donors (Lipinski definition) is 1. The van der Waals surface area contributed by atoms with Crippen molar-refractivity contribution in [1.82, 2.24) is 5.32 Å². The lowest BCUT2D eigenvalue weighted by Crippen LogP contribution is -2.28. The molecule has 0 saturated heterocycles. The topological polar surface area (TPSA) is 21.3 Å². The van der Waals surface area contributed by atoms with Crippen LogP contribution in [0.1, 0.15) is 51.6 Å². The molecule has 3 heteroatoms. The van der Waals surface area contributed by atoms with Crippen LogP contribution in [-0.4, -0.2) is 13.7 Å². The predicted molar refractivity (Wildman–Crippen MR) is 78.1 cm³/mol. The number of methoxy groups -OCH3 is 1. The molecule has 1 N–H and O–H groups in total. The van der Waals surface area contributed by atoms with Crippen molar-refractivity contribution in [3.63, 3.8) is 0 Å². The summed E-state index contributed by atoms with van der Waals surface area (Å²) in [4.78, 5) is 0. The molecule has 0 bridgehead atoms. The first-order valence-corrected chi connectivity index (χ1v) is 7.24. The first-order chi connectivity index (χ1) is 9.17. The Bertz CT molecular complexity index is 377. The van der Waals surface area contributed by atoms with Crippen LogP contribution < -0.4 is 10.1 Å². The minimum Gasteiger partial charge on any atom is -0.494 e. The van der Waals surface area contributed by atoms with Gasteiger partial charge in [-0.1, -0.05) is 39.7 Å². The number of rotatable bonds is 8. The normalized spacial score (nSPS) is 12.7. The van der Waals surface area contributed by atoms with Gasteiger partial charge in [0.15, 0.2) is 11.6 Å². The van der Waals surface area contributed by atoms with Crippen LogP contribution in [0.5, 0.6) is 5.75 Å². The van der Waals surface area contributed by atoms with Crippen LogP contribution in [0.2, 0.25) is 0 Å². The third-order valence-electron chi connectivity index (χ3n) is 3.67. The van der Waals surface area contributed by atoms with Gasteiger partial charge in [-0.25, -0.2) is 4.39 Å². The summed E-state index contributed by atoms with van der Waals surface area (Å²) in [5.74, 6) is 0.552. The van der Waals surface area contributed by atoms with Crippen molar-refractivity contribution in [1.29, 1.82) is 0 Å². The van der Waals surface area contributed by atoms with Crippen molar-refractivity contribution in [2.75, 3.05) is 13.7 Å². The van der Waals surface area contributed by atoms with Gasteiger partial charge < -0.3 is 10.1 Å². The number of hydrogen-bond acceptors (Lipinski definition) is 2. The summed E-state index contributed by atoms with van der Waals surface area (Å²) in [6.07, 6.45) is 3.26. The Hall–Kier alpha value is -1.09. The zero-order valence-corrected chi connectivity index (χ0v) is 12.5. The lowest BCUT2D eigenvalue weighted by Gasteiger charge is -2.27. The van der Waals surface area contributed by atoms with Gasteiger partial charge in [0.1, 0.15) is 0 Å². The maximum Gasteiger partial charge on any atom is 0.165 e. The molecular weight excluding hydrogens is 241 g/mol. The molecule has 0 amide bonds. The molecule has 0 saturated carbocycles. The van der Waals surface area contributed by atoms with Crippen molar-refractivity contribution in [2.45, 2.75) is 46.1 Å². The van der Waals surface area contributed by atoms with Gasteiger partial charge in [-0.2, -0.15) is 0 Å². The quantitative estimate of drug-likeness (QED) is 0.757. The zero-order chi connectivity index (χ0) is 14.3. The van der Waals surface area contributed by atoms with Crippen LogP contribution in [0.4, 0.5) is 4.39 Å². The molecule has 0 aliphatic heterocycles. The molecule has 1 aromatic carbocycles. The van der Waals surface area contributed by atoms with E-state index >= 15 is 0 Å². The second-order valence-corrected chi connectivity index (χ2v) is 4.90. The van der Waals surface area contributed by atoms with Crippen molar-refractivity contribution in [2.24, 2.45) is 5.92 Å². The van der Waals surface area contributed by atoms with Gasteiger partial charge in [0, 0.05) is 6.04 Å². The Morgan fingerprint density at radius 2 is 1.89 bits per heavy atom. The lowest BCUT2D eigenvalue weighted by atomic mass is 9.88. The molecule has 1 atom stereocenters. The van der Waals surface area contributed by atoms with E-state index in [0.717, 1.165) is 31.4 Å². The molecule has 0 spiro atoms. The monoisotopic (exact) mass is 267 g/mol. The smallest absolute Gasteiger partial charge is 0.165 e. The van der Waals surface area contributed by atoms with Gasteiger partial charge in [0.2, 0.25) is 0 Å². The standard InChI is InChI=1S/C16H26FNO/c1-5-10-18-16(12(6-2)7-3)13-8-9-15(19-4)14(17)11-13/h8-9,11-12,16,18H,5-7,10H2,1-4H3. The maximum absolute atomic E-state index is 13.9. The second-order valence-electron chi connectivity index (χ2n) is 4.90. The fourth-order valence-corrected chi connectivity index (χ4v) is 2.49. The summed E-state index contributed by atoms with van der Waals surface area (Å²) in [5.41, 5.74) is 1.01. The van der Waals surface area contributed by atoms with E-state index in [1.807, 2.05) is 6.07 Å². The summed E-state index contributed by atoms with van der Waals surface area (Å²) < 4.78 is 18.8. The van der Waals surface area contributed by atoms with E-state index in [0.29, 0.717) is 11.7 Å². The molecule has 0 aromatic heterocycles. The number of ether oxygens (including phenoxy) is 1. The molecule has 0 aliphatic rings. The maximum atomic E-state index is 13.9. The minimum atomic E-state index is -0.283. The Morgan fingerprint density at radius 1 is 1.21 bits per heavy atom. The fraction of sp³-hybridized carbons (Fsp3) is 0.625. The molecular formula is C16H26FNO. The molecule has 108 valence electrons. The first-order valence-electron chi connectivity index (χ1n) is 7.24. The van der Waals surface area contributed by atoms with Gasteiger partial charge in [-0.3, -0.25) is 0 Å². The number of halogens is 1. The summed E-state index contributed by atoms with van der Waals surface area (Å²) in [5, 5.41) is 3.54. The van der Waals surface area contributed by atoms with E-state index in [1.54, 1.807) is 12.1 Å². The Labute approximate surface area is 116 Å². The number of nitrogens with one attached hydrogen (secondary N) is 1. The largest absolute Gasteiger partial charge is 0.494 e. The third-order valence-corrected chi connectivity index (χ3v) is 3.67. The molecule has 1 rings (SSSR count). The van der Waals surface area contributed by atoms with E-state index in [-0.39, 0.29) is 11.9 Å².